The summed E-state index contributed by atoms with van der Waals surface area (Å²) in [5.41, 5.74) is 1.11. The van der Waals surface area contributed by atoms with E-state index in [2.05, 4.69) is 11.9 Å². The summed E-state index contributed by atoms with van der Waals surface area (Å²) in [6.45, 7) is 4.05. The molecule has 0 heterocycles. The van der Waals surface area contributed by atoms with Crippen molar-refractivity contribution >= 4 is 12.0 Å². The SMILES string of the molecule is C=CCNC(=O)C/C=C/c1ccccc1. The molecule has 1 amide bonds. The maximum atomic E-state index is 11.2. The fourth-order valence-corrected chi connectivity index (χ4v) is 1.12. The molecule has 0 aliphatic rings. The summed E-state index contributed by atoms with van der Waals surface area (Å²) >= 11 is 0. The van der Waals surface area contributed by atoms with E-state index in [9.17, 15) is 4.79 Å². The van der Waals surface area contributed by atoms with Crippen LogP contribution < -0.4 is 5.32 Å². The van der Waals surface area contributed by atoms with Gasteiger partial charge in [0.15, 0.2) is 0 Å². The summed E-state index contributed by atoms with van der Waals surface area (Å²) < 4.78 is 0. The van der Waals surface area contributed by atoms with E-state index in [1.807, 2.05) is 42.5 Å². The zero-order valence-electron chi connectivity index (χ0n) is 8.65. The first kappa shape index (κ1) is 11.2. The molecule has 0 aliphatic heterocycles. The monoisotopic (exact) mass is 201 g/mol. The molecular weight excluding hydrogens is 186 g/mol. The predicted octanol–water partition coefficient (Wildman–Crippen LogP) is 2.39. The largest absolute Gasteiger partial charge is 0.352 e. The standard InChI is InChI=1S/C13H15NO/c1-2-11-14-13(15)10-6-9-12-7-4-3-5-8-12/h2-9H,1,10-11H2,(H,14,15)/b9-6+. The molecule has 0 fully saturated rings. The van der Waals surface area contributed by atoms with Crippen molar-refractivity contribution in [2.24, 2.45) is 0 Å². The Morgan fingerprint density at radius 3 is 2.73 bits per heavy atom. The Morgan fingerprint density at radius 1 is 1.33 bits per heavy atom. The van der Waals surface area contributed by atoms with Crippen LogP contribution in [-0.4, -0.2) is 12.5 Å². The highest BCUT2D eigenvalue weighted by molar-refractivity contribution is 5.78. The maximum absolute atomic E-state index is 11.2. The van der Waals surface area contributed by atoms with Crippen molar-refractivity contribution in [2.45, 2.75) is 6.42 Å². The Hall–Kier alpha value is -1.83. The molecule has 0 bridgehead atoms. The minimum atomic E-state index is 0.0158. The van der Waals surface area contributed by atoms with Gasteiger partial charge in [0, 0.05) is 13.0 Å². The molecule has 0 radical (unpaired) electrons. The maximum Gasteiger partial charge on any atom is 0.224 e. The van der Waals surface area contributed by atoms with E-state index < -0.39 is 0 Å². The molecule has 0 spiro atoms. The number of carbonyl (C=O) groups is 1. The lowest BCUT2D eigenvalue weighted by molar-refractivity contribution is -0.120. The van der Waals surface area contributed by atoms with Gasteiger partial charge in [0.1, 0.15) is 0 Å². The molecule has 1 aromatic carbocycles. The molecule has 1 aromatic rings. The molecule has 0 unspecified atom stereocenters. The first-order valence-electron chi connectivity index (χ1n) is 4.92. The molecule has 0 saturated heterocycles. The van der Waals surface area contributed by atoms with Crippen molar-refractivity contribution in [3.63, 3.8) is 0 Å². The third-order valence-electron chi connectivity index (χ3n) is 1.86. The molecule has 1 rings (SSSR count). The van der Waals surface area contributed by atoms with E-state index in [4.69, 9.17) is 0 Å². The van der Waals surface area contributed by atoms with E-state index in [1.165, 1.54) is 0 Å². The molecule has 78 valence electrons. The van der Waals surface area contributed by atoms with Crippen LogP contribution in [0.2, 0.25) is 0 Å². The Bertz CT molecular complexity index is 341. The minimum Gasteiger partial charge on any atom is -0.352 e. The van der Waals surface area contributed by atoms with Gasteiger partial charge >= 0.3 is 0 Å². The molecule has 0 aromatic heterocycles. The van der Waals surface area contributed by atoms with E-state index in [-0.39, 0.29) is 5.91 Å². The zero-order chi connectivity index (χ0) is 10.9. The van der Waals surface area contributed by atoms with Crippen molar-refractivity contribution in [1.29, 1.82) is 0 Å². The Balaban J connectivity index is 2.33. The van der Waals surface area contributed by atoms with Crippen LogP contribution in [0, 0.1) is 0 Å². The van der Waals surface area contributed by atoms with Crippen LogP contribution in [0.5, 0.6) is 0 Å². The lowest BCUT2D eigenvalue weighted by Gasteiger charge is -1.97. The third kappa shape index (κ3) is 4.81. The fourth-order valence-electron chi connectivity index (χ4n) is 1.12. The van der Waals surface area contributed by atoms with Crippen molar-refractivity contribution in [1.82, 2.24) is 5.32 Å². The third-order valence-corrected chi connectivity index (χ3v) is 1.86. The molecule has 1 N–H and O–H groups in total. The number of benzene rings is 1. The minimum absolute atomic E-state index is 0.0158. The van der Waals surface area contributed by atoms with Gasteiger partial charge in [0.25, 0.3) is 0 Å². The van der Waals surface area contributed by atoms with Crippen LogP contribution in [-0.2, 0) is 4.79 Å². The highest BCUT2D eigenvalue weighted by atomic mass is 16.1. The van der Waals surface area contributed by atoms with E-state index in [1.54, 1.807) is 6.08 Å². The molecule has 0 aliphatic carbocycles. The number of amides is 1. The zero-order valence-corrected chi connectivity index (χ0v) is 8.65. The summed E-state index contributed by atoms with van der Waals surface area (Å²) in [5, 5.41) is 2.71. The smallest absolute Gasteiger partial charge is 0.224 e. The summed E-state index contributed by atoms with van der Waals surface area (Å²) in [7, 11) is 0. The first-order valence-corrected chi connectivity index (χ1v) is 4.92. The van der Waals surface area contributed by atoms with Crippen molar-refractivity contribution in [3.05, 3.63) is 54.6 Å². The number of carbonyl (C=O) groups excluding carboxylic acids is 1. The predicted molar refractivity (Wildman–Crippen MR) is 63.3 cm³/mol. The summed E-state index contributed by atoms with van der Waals surface area (Å²) in [6.07, 6.45) is 5.86. The van der Waals surface area contributed by atoms with Gasteiger partial charge in [-0.1, -0.05) is 48.6 Å². The average Bonchev–Trinajstić information content (AvgIpc) is 2.28. The van der Waals surface area contributed by atoms with Crippen molar-refractivity contribution < 1.29 is 4.79 Å². The van der Waals surface area contributed by atoms with Crippen molar-refractivity contribution in [2.75, 3.05) is 6.54 Å². The van der Waals surface area contributed by atoms with Gasteiger partial charge in [0.05, 0.1) is 0 Å². The lowest BCUT2D eigenvalue weighted by atomic mass is 10.2. The first-order chi connectivity index (χ1) is 7.33. The Kier molecular flexibility index (Phi) is 4.95. The molecule has 0 atom stereocenters. The normalized spacial score (nSPS) is 10.1. The molecule has 15 heavy (non-hydrogen) atoms. The number of hydrogen-bond donors (Lipinski definition) is 1. The van der Waals surface area contributed by atoms with E-state index in [0.29, 0.717) is 13.0 Å². The number of rotatable bonds is 5. The van der Waals surface area contributed by atoms with Crippen molar-refractivity contribution in [3.8, 4) is 0 Å². The van der Waals surface area contributed by atoms with Gasteiger partial charge in [-0.05, 0) is 5.56 Å². The van der Waals surface area contributed by atoms with Gasteiger partial charge in [-0.2, -0.15) is 0 Å². The van der Waals surface area contributed by atoms with Crippen LogP contribution in [0.25, 0.3) is 6.08 Å². The number of hydrogen-bond acceptors (Lipinski definition) is 1. The second-order valence-electron chi connectivity index (χ2n) is 3.11. The van der Waals surface area contributed by atoms with Crippen LogP contribution in [0.4, 0.5) is 0 Å². The van der Waals surface area contributed by atoms with Gasteiger partial charge in [-0.3, -0.25) is 4.79 Å². The Morgan fingerprint density at radius 2 is 2.07 bits per heavy atom. The van der Waals surface area contributed by atoms with Gasteiger partial charge in [-0.15, -0.1) is 6.58 Å². The summed E-state index contributed by atoms with van der Waals surface area (Å²) in [6, 6.07) is 9.90. The Labute approximate surface area is 90.3 Å². The molecule has 2 heteroatoms. The highest BCUT2D eigenvalue weighted by Gasteiger charge is 1.93. The quantitative estimate of drug-likeness (QED) is 0.728. The van der Waals surface area contributed by atoms with Crippen LogP contribution in [0.1, 0.15) is 12.0 Å². The molecular formula is C13H15NO. The van der Waals surface area contributed by atoms with Gasteiger partial charge in [-0.25, -0.2) is 0 Å². The fraction of sp³-hybridized carbons (Fsp3) is 0.154. The van der Waals surface area contributed by atoms with Crippen LogP contribution in [0.15, 0.2) is 49.1 Å². The van der Waals surface area contributed by atoms with Crippen LogP contribution in [0.3, 0.4) is 0 Å². The van der Waals surface area contributed by atoms with E-state index in [0.717, 1.165) is 5.56 Å². The molecule has 0 saturated carbocycles. The molecule has 2 nitrogen and oxygen atoms in total. The average molecular weight is 201 g/mol. The van der Waals surface area contributed by atoms with Gasteiger partial charge in [0.2, 0.25) is 5.91 Å². The second-order valence-corrected chi connectivity index (χ2v) is 3.11. The number of nitrogens with one attached hydrogen (secondary N) is 1. The highest BCUT2D eigenvalue weighted by Crippen LogP contribution is 2.01. The summed E-state index contributed by atoms with van der Waals surface area (Å²) in [5.74, 6) is 0.0158. The lowest BCUT2D eigenvalue weighted by Crippen LogP contribution is -2.21. The topological polar surface area (TPSA) is 29.1 Å². The van der Waals surface area contributed by atoms with E-state index >= 15 is 0 Å². The van der Waals surface area contributed by atoms with Crippen LogP contribution >= 0.6 is 0 Å². The second kappa shape index (κ2) is 6.60. The summed E-state index contributed by atoms with van der Waals surface area (Å²) in [4.78, 5) is 11.2. The van der Waals surface area contributed by atoms with Gasteiger partial charge < -0.3 is 5.32 Å².